The van der Waals surface area contributed by atoms with E-state index in [9.17, 15) is 13.2 Å². The number of hydrogen-bond donors (Lipinski definition) is 0. The molecule has 2 aromatic rings. The van der Waals surface area contributed by atoms with Crippen LogP contribution < -0.4 is 0 Å². The van der Waals surface area contributed by atoms with Crippen molar-refractivity contribution >= 4 is 23.4 Å². The summed E-state index contributed by atoms with van der Waals surface area (Å²) in [6.45, 7) is 5.73. The molecule has 0 aromatic carbocycles. The van der Waals surface area contributed by atoms with E-state index in [1.54, 1.807) is 6.92 Å². The molecule has 0 spiro atoms. The number of pyridine rings is 1. The van der Waals surface area contributed by atoms with Crippen molar-refractivity contribution in [3.63, 3.8) is 0 Å². The fourth-order valence-corrected chi connectivity index (χ4v) is 3.00. The Bertz CT molecular complexity index is 654. The van der Waals surface area contributed by atoms with Crippen LogP contribution in [-0.2, 0) is 6.18 Å². The van der Waals surface area contributed by atoms with Gasteiger partial charge in [-0.15, -0.1) is 10.2 Å². The summed E-state index contributed by atoms with van der Waals surface area (Å²) < 4.78 is 39.6. The van der Waals surface area contributed by atoms with Gasteiger partial charge in [-0.3, -0.25) is 0 Å². The van der Waals surface area contributed by atoms with E-state index in [0.717, 1.165) is 29.8 Å². The van der Waals surface area contributed by atoms with Gasteiger partial charge < -0.3 is 4.57 Å². The Morgan fingerprint density at radius 1 is 1.29 bits per heavy atom. The molecule has 0 aliphatic heterocycles. The van der Waals surface area contributed by atoms with Gasteiger partial charge in [-0.25, -0.2) is 4.98 Å². The van der Waals surface area contributed by atoms with Crippen molar-refractivity contribution in [3.8, 4) is 0 Å². The fraction of sp³-hybridized carbons (Fsp3) is 0.417. The summed E-state index contributed by atoms with van der Waals surface area (Å²) in [4.78, 5) is 3.78. The molecular formula is C12H12ClF3N4S. The molecule has 114 valence electrons. The number of aryl methyl sites for hydroxylation is 1. The van der Waals surface area contributed by atoms with Crippen molar-refractivity contribution < 1.29 is 13.2 Å². The molecule has 0 unspecified atom stereocenters. The Hall–Kier alpha value is -1.28. The lowest BCUT2D eigenvalue weighted by Gasteiger charge is -2.12. The average Bonchev–Trinajstić information content (AvgIpc) is 2.71. The molecule has 0 bridgehead atoms. The van der Waals surface area contributed by atoms with Gasteiger partial charge in [0.05, 0.1) is 10.6 Å². The van der Waals surface area contributed by atoms with E-state index < -0.39 is 11.7 Å². The molecule has 4 nitrogen and oxygen atoms in total. The molecule has 21 heavy (non-hydrogen) atoms. The van der Waals surface area contributed by atoms with Gasteiger partial charge in [0.25, 0.3) is 0 Å². The smallest absolute Gasteiger partial charge is 0.303 e. The zero-order valence-electron chi connectivity index (χ0n) is 11.4. The molecule has 0 N–H and O–H groups in total. The Labute approximate surface area is 128 Å². The maximum absolute atomic E-state index is 12.6. The number of aromatic nitrogens is 4. The lowest BCUT2D eigenvalue weighted by atomic mass is 10.3. The van der Waals surface area contributed by atoms with Crippen molar-refractivity contribution in [2.45, 2.75) is 43.2 Å². The Balaban J connectivity index is 2.33. The highest BCUT2D eigenvalue weighted by atomic mass is 35.5. The Morgan fingerprint density at radius 3 is 2.48 bits per heavy atom. The van der Waals surface area contributed by atoms with Crippen LogP contribution in [0, 0.1) is 6.92 Å². The van der Waals surface area contributed by atoms with Gasteiger partial charge in [0, 0.05) is 12.2 Å². The quantitative estimate of drug-likeness (QED) is 0.834. The summed E-state index contributed by atoms with van der Waals surface area (Å²) in [6.07, 6.45) is -3.70. The summed E-state index contributed by atoms with van der Waals surface area (Å²) in [5.41, 5.74) is -0.877. The molecule has 0 radical (unpaired) electrons. The van der Waals surface area contributed by atoms with Gasteiger partial charge in [-0.1, -0.05) is 11.6 Å². The molecule has 0 amide bonds. The van der Waals surface area contributed by atoms with Crippen molar-refractivity contribution in [3.05, 3.63) is 28.7 Å². The second kappa shape index (κ2) is 5.84. The average molecular weight is 337 g/mol. The van der Waals surface area contributed by atoms with Crippen molar-refractivity contribution in [1.82, 2.24) is 19.7 Å². The zero-order chi connectivity index (χ0) is 15.8. The third-order valence-corrected chi connectivity index (χ3v) is 4.05. The van der Waals surface area contributed by atoms with Crippen LogP contribution in [-0.4, -0.2) is 19.7 Å². The molecular weight excluding hydrogens is 325 g/mol. The summed E-state index contributed by atoms with van der Waals surface area (Å²) in [5, 5.41) is 8.70. The summed E-state index contributed by atoms with van der Waals surface area (Å²) in [5.74, 6) is 0.718. The predicted octanol–water partition coefficient (Wildman–Crippen LogP) is 4.39. The van der Waals surface area contributed by atoms with Crippen LogP contribution in [0.4, 0.5) is 13.2 Å². The molecule has 2 aromatic heterocycles. The van der Waals surface area contributed by atoms with Crippen LogP contribution in [0.1, 0.15) is 31.3 Å². The number of rotatable bonds is 3. The van der Waals surface area contributed by atoms with E-state index in [2.05, 4.69) is 15.2 Å². The maximum atomic E-state index is 12.6. The predicted molar refractivity (Wildman–Crippen MR) is 73.5 cm³/mol. The highest BCUT2D eigenvalue weighted by Gasteiger charge is 2.31. The van der Waals surface area contributed by atoms with Crippen LogP contribution in [0.5, 0.6) is 0 Å². The van der Waals surface area contributed by atoms with Crippen LogP contribution in [0.15, 0.2) is 22.4 Å². The van der Waals surface area contributed by atoms with Gasteiger partial charge >= 0.3 is 6.18 Å². The molecule has 9 heteroatoms. The molecule has 0 saturated carbocycles. The summed E-state index contributed by atoms with van der Waals surface area (Å²) in [7, 11) is 0. The first kappa shape index (κ1) is 16.1. The van der Waals surface area contributed by atoms with E-state index in [1.807, 2.05) is 18.4 Å². The van der Waals surface area contributed by atoms with Crippen LogP contribution in [0.2, 0.25) is 5.02 Å². The highest BCUT2D eigenvalue weighted by Crippen LogP contribution is 2.36. The van der Waals surface area contributed by atoms with E-state index >= 15 is 0 Å². The molecule has 2 heterocycles. The summed E-state index contributed by atoms with van der Waals surface area (Å²) in [6, 6.07) is 0.982. The minimum atomic E-state index is -4.46. The molecule has 0 saturated heterocycles. The Morgan fingerprint density at radius 2 is 1.95 bits per heavy atom. The number of hydrogen-bond acceptors (Lipinski definition) is 4. The van der Waals surface area contributed by atoms with Gasteiger partial charge in [-0.05, 0) is 38.6 Å². The third kappa shape index (κ3) is 3.49. The van der Waals surface area contributed by atoms with Crippen LogP contribution >= 0.6 is 23.4 Å². The largest absolute Gasteiger partial charge is 0.417 e. The second-order valence-electron chi connectivity index (χ2n) is 4.60. The van der Waals surface area contributed by atoms with Crippen molar-refractivity contribution in [1.29, 1.82) is 0 Å². The van der Waals surface area contributed by atoms with Gasteiger partial charge in [0.15, 0.2) is 5.16 Å². The van der Waals surface area contributed by atoms with Gasteiger partial charge in [0.2, 0.25) is 0 Å². The SMILES string of the molecule is Cc1nnc(Sc2ncc(C(F)(F)F)cc2Cl)n1C(C)C. The lowest BCUT2D eigenvalue weighted by Crippen LogP contribution is -2.06. The monoisotopic (exact) mass is 336 g/mol. The van der Waals surface area contributed by atoms with Crippen molar-refractivity contribution in [2.24, 2.45) is 0 Å². The minimum Gasteiger partial charge on any atom is -0.303 e. The van der Waals surface area contributed by atoms with Crippen molar-refractivity contribution in [2.75, 3.05) is 0 Å². The normalized spacial score (nSPS) is 12.2. The first-order valence-electron chi connectivity index (χ1n) is 6.02. The maximum Gasteiger partial charge on any atom is 0.417 e. The fourth-order valence-electron chi connectivity index (χ4n) is 1.76. The van der Waals surface area contributed by atoms with Crippen LogP contribution in [0.25, 0.3) is 0 Å². The lowest BCUT2D eigenvalue weighted by molar-refractivity contribution is -0.137. The highest BCUT2D eigenvalue weighted by molar-refractivity contribution is 7.99. The topological polar surface area (TPSA) is 43.6 Å². The molecule has 0 aliphatic rings. The third-order valence-electron chi connectivity index (χ3n) is 2.67. The van der Waals surface area contributed by atoms with Gasteiger partial charge in [0.1, 0.15) is 10.9 Å². The van der Waals surface area contributed by atoms with Gasteiger partial charge in [-0.2, -0.15) is 13.2 Å². The molecule has 0 aliphatic carbocycles. The molecule has 2 rings (SSSR count). The zero-order valence-corrected chi connectivity index (χ0v) is 13.0. The van der Waals surface area contributed by atoms with E-state index in [0.29, 0.717) is 5.16 Å². The van der Waals surface area contributed by atoms with E-state index in [4.69, 9.17) is 11.6 Å². The first-order valence-corrected chi connectivity index (χ1v) is 7.21. The van der Waals surface area contributed by atoms with E-state index in [-0.39, 0.29) is 16.1 Å². The first-order chi connectivity index (χ1) is 9.70. The van der Waals surface area contributed by atoms with E-state index in [1.165, 1.54) is 0 Å². The number of halogens is 4. The number of alkyl halides is 3. The molecule has 0 fully saturated rings. The molecule has 0 atom stereocenters. The second-order valence-corrected chi connectivity index (χ2v) is 5.97. The van der Waals surface area contributed by atoms with Crippen LogP contribution in [0.3, 0.4) is 0 Å². The Kier molecular flexibility index (Phi) is 4.48. The minimum absolute atomic E-state index is 0.0641. The summed E-state index contributed by atoms with van der Waals surface area (Å²) >= 11 is 6.97. The standard InChI is InChI=1S/C12H12ClF3N4S/c1-6(2)20-7(3)18-19-11(20)21-10-9(13)4-8(5-17-10)12(14,15)16/h4-6H,1-3H3. The number of nitrogens with zero attached hydrogens (tertiary/aromatic N) is 4.